The number of benzene rings is 3. The standard InChI is InChI=1S/C28H25ClN3/c1-28(2,3)31-25-24(20-10-5-4-6-11-20)30-27(21-13-15-22(29)16-14-21)32-18-17-19-9-7-8-12-23(19)26(25)32/h4-18,31H,1-3H3/q+1. The summed E-state index contributed by atoms with van der Waals surface area (Å²) in [6.07, 6.45) is 2.11. The molecule has 0 fully saturated rings. The van der Waals surface area contributed by atoms with E-state index in [1.54, 1.807) is 0 Å². The second kappa shape index (κ2) is 7.92. The van der Waals surface area contributed by atoms with Gasteiger partial charge in [0.2, 0.25) is 5.69 Å². The second-order valence-corrected chi connectivity index (χ2v) is 9.46. The van der Waals surface area contributed by atoms with E-state index in [0.29, 0.717) is 5.02 Å². The van der Waals surface area contributed by atoms with Crippen LogP contribution < -0.4 is 9.72 Å². The third-order valence-electron chi connectivity index (χ3n) is 5.43. The van der Waals surface area contributed by atoms with Crippen molar-refractivity contribution in [3.05, 3.63) is 96.1 Å². The lowest BCUT2D eigenvalue weighted by Crippen LogP contribution is -2.32. The van der Waals surface area contributed by atoms with Crippen molar-refractivity contribution in [2.45, 2.75) is 26.3 Å². The smallest absolute Gasteiger partial charge is 0.336 e. The number of fused-ring (bicyclic) bond motifs is 3. The summed E-state index contributed by atoms with van der Waals surface area (Å²) in [5, 5.41) is 6.85. The lowest BCUT2D eigenvalue weighted by Gasteiger charge is -2.23. The monoisotopic (exact) mass is 438 g/mol. The summed E-state index contributed by atoms with van der Waals surface area (Å²) in [4.78, 5) is 5.22. The van der Waals surface area contributed by atoms with Gasteiger partial charge in [0.05, 0.1) is 11.8 Å². The molecule has 0 unspecified atom stereocenters. The van der Waals surface area contributed by atoms with Crippen LogP contribution in [0.1, 0.15) is 20.8 Å². The summed E-state index contributed by atoms with van der Waals surface area (Å²) in [5.41, 5.74) is 5.01. The van der Waals surface area contributed by atoms with Gasteiger partial charge >= 0.3 is 5.82 Å². The number of aromatic nitrogens is 2. The molecular formula is C28H25ClN3+. The maximum Gasteiger partial charge on any atom is 0.336 e. The number of nitrogens with zero attached hydrogens (tertiary/aromatic N) is 2. The van der Waals surface area contributed by atoms with E-state index in [9.17, 15) is 0 Å². The average molecular weight is 439 g/mol. The van der Waals surface area contributed by atoms with Crippen LogP contribution in [-0.2, 0) is 0 Å². The molecule has 0 aliphatic heterocycles. The van der Waals surface area contributed by atoms with E-state index >= 15 is 0 Å². The van der Waals surface area contributed by atoms with Crippen molar-refractivity contribution in [1.29, 1.82) is 0 Å². The van der Waals surface area contributed by atoms with Gasteiger partial charge in [-0.25, -0.2) is 0 Å². The Morgan fingerprint density at radius 3 is 2.19 bits per heavy atom. The zero-order chi connectivity index (χ0) is 22.3. The first-order chi connectivity index (χ1) is 15.4. The van der Waals surface area contributed by atoms with Gasteiger partial charge in [-0.1, -0.05) is 66.2 Å². The third-order valence-corrected chi connectivity index (χ3v) is 5.68. The molecule has 5 rings (SSSR count). The normalized spacial score (nSPS) is 11.8. The van der Waals surface area contributed by atoms with Crippen LogP contribution >= 0.6 is 11.6 Å². The van der Waals surface area contributed by atoms with Gasteiger partial charge in [-0.3, -0.25) is 0 Å². The van der Waals surface area contributed by atoms with E-state index in [2.05, 4.69) is 91.3 Å². The van der Waals surface area contributed by atoms with Crippen molar-refractivity contribution in [2.75, 3.05) is 5.32 Å². The molecule has 2 heterocycles. The number of halogens is 1. The first-order valence-electron chi connectivity index (χ1n) is 10.8. The van der Waals surface area contributed by atoms with E-state index in [4.69, 9.17) is 16.6 Å². The first kappa shape index (κ1) is 20.5. The molecule has 0 saturated carbocycles. The molecule has 1 N–H and O–H groups in total. The van der Waals surface area contributed by atoms with E-state index in [1.165, 1.54) is 10.8 Å². The number of rotatable bonds is 3. The SMILES string of the molecule is CC(C)(C)Nc1c(-c2ccccc2)nc(-c2ccc(Cl)cc2)[n+]2ccc3ccccc3c12. The third kappa shape index (κ3) is 3.80. The predicted octanol–water partition coefficient (Wildman–Crippen LogP) is 7.17. The van der Waals surface area contributed by atoms with Gasteiger partial charge in [0.15, 0.2) is 5.52 Å². The Labute approximate surface area is 193 Å². The van der Waals surface area contributed by atoms with E-state index in [0.717, 1.165) is 33.8 Å². The summed E-state index contributed by atoms with van der Waals surface area (Å²) < 4.78 is 2.19. The van der Waals surface area contributed by atoms with Crippen molar-refractivity contribution in [2.24, 2.45) is 0 Å². The average Bonchev–Trinajstić information content (AvgIpc) is 2.79. The zero-order valence-corrected chi connectivity index (χ0v) is 19.2. The summed E-state index contributed by atoms with van der Waals surface area (Å²) in [7, 11) is 0. The van der Waals surface area contributed by atoms with Crippen molar-refractivity contribution in [3.63, 3.8) is 0 Å². The van der Waals surface area contributed by atoms with Crippen LogP contribution in [-0.4, -0.2) is 10.5 Å². The number of hydrogen-bond donors (Lipinski definition) is 1. The molecule has 5 aromatic rings. The Hall–Kier alpha value is -3.43. The van der Waals surface area contributed by atoms with E-state index < -0.39 is 0 Å². The molecule has 0 aliphatic carbocycles. The molecule has 0 saturated heterocycles. The highest BCUT2D eigenvalue weighted by atomic mass is 35.5. The van der Waals surface area contributed by atoms with Gasteiger partial charge in [0.25, 0.3) is 0 Å². The lowest BCUT2D eigenvalue weighted by molar-refractivity contribution is -0.501. The maximum absolute atomic E-state index is 6.18. The largest absolute Gasteiger partial charge is 0.373 e. The van der Waals surface area contributed by atoms with Crippen LogP contribution in [0.15, 0.2) is 91.1 Å². The summed E-state index contributed by atoms with van der Waals surface area (Å²) in [6, 6.07) is 28.9. The minimum absolute atomic E-state index is 0.141. The fourth-order valence-electron chi connectivity index (χ4n) is 4.08. The highest BCUT2D eigenvalue weighted by Gasteiger charge is 2.28. The molecule has 0 radical (unpaired) electrons. The van der Waals surface area contributed by atoms with Gasteiger partial charge in [-0.05, 0) is 61.5 Å². The molecule has 32 heavy (non-hydrogen) atoms. The van der Waals surface area contributed by atoms with Gasteiger partial charge in [-0.2, -0.15) is 4.40 Å². The molecule has 0 atom stereocenters. The Morgan fingerprint density at radius 1 is 0.781 bits per heavy atom. The minimum atomic E-state index is -0.141. The number of hydrogen-bond acceptors (Lipinski definition) is 2. The number of pyridine rings is 1. The lowest BCUT2D eigenvalue weighted by atomic mass is 10.0. The Kier molecular flexibility index (Phi) is 5.07. The molecule has 3 nitrogen and oxygen atoms in total. The summed E-state index contributed by atoms with van der Waals surface area (Å²) in [5.74, 6) is 0.876. The number of anilines is 1. The predicted molar refractivity (Wildman–Crippen MR) is 134 cm³/mol. The van der Waals surface area contributed by atoms with Crippen LogP contribution in [0.2, 0.25) is 5.02 Å². The Morgan fingerprint density at radius 2 is 1.47 bits per heavy atom. The molecular weight excluding hydrogens is 414 g/mol. The van der Waals surface area contributed by atoms with Crippen LogP contribution in [0, 0.1) is 0 Å². The van der Waals surface area contributed by atoms with Crippen molar-refractivity contribution in [1.82, 2.24) is 4.98 Å². The van der Waals surface area contributed by atoms with Gasteiger partial charge in [-0.15, -0.1) is 0 Å². The highest BCUT2D eigenvalue weighted by Crippen LogP contribution is 2.35. The van der Waals surface area contributed by atoms with Gasteiger partial charge < -0.3 is 5.32 Å². The van der Waals surface area contributed by atoms with Crippen LogP contribution in [0.3, 0.4) is 0 Å². The van der Waals surface area contributed by atoms with Crippen molar-refractivity contribution in [3.8, 4) is 22.6 Å². The Balaban J connectivity index is 1.97. The fourth-order valence-corrected chi connectivity index (χ4v) is 4.20. The maximum atomic E-state index is 6.18. The molecule has 158 valence electrons. The molecule has 0 aliphatic rings. The highest BCUT2D eigenvalue weighted by molar-refractivity contribution is 6.30. The molecule has 0 bridgehead atoms. The number of nitrogens with one attached hydrogen (secondary N) is 1. The topological polar surface area (TPSA) is 29.0 Å². The fraction of sp³-hybridized carbons (Fsp3) is 0.143. The van der Waals surface area contributed by atoms with E-state index in [1.807, 2.05) is 30.3 Å². The van der Waals surface area contributed by atoms with Crippen LogP contribution in [0.25, 0.3) is 38.9 Å². The molecule has 0 spiro atoms. The molecule has 2 aromatic heterocycles. The van der Waals surface area contributed by atoms with Gasteiger partial charge in [0.1, 0.15) is 5.69 Å². The van der Waals surface area contributed by atoms with Crippen LogP contribution in [0.5, 0.6) is 0 Å². The van der Waals surface area contributed by atoms with Gasteiger partial charge in [0, 0.05) is 21.5 Å². The summed E-state index contributed by atoms with van der Waals surface area (Å²) in [6.45, 7) is 6.53. The van der Waals surface area contributed by atoms with Crippen molar-refractivity contribution < 1.29 is 4.40 Å². The molecule has 0 amide bonds. The quantitative estimate of drug-likeness (QED) is 0.239. The first-order valence-corrected chi connectivity index (χ1v) is 11.2. The van der Waals surface area contributed by atoms with Crippen molar-refractivity contribution >= 4 is 33.6 Å². The minimum Gasteiger partial charge on any atom is -0.373 e. The summed E-state index contributed by atoms with van der Waals surface area (Å²) >= 11 is 6.18. The van der Waals surface area contributed by atoms with E-state index in [-0.39, 0.29) is 5.54 Å². The Bertz CT molecular complexity index is 1420. The zero-order valence-electron chi connectivity index (χ0n) is 18.4. The second-order valence-electron chi connectivity index (χ2n) is 9.03. The van der Waals surface area contributed by atoms with Crippen LogP contribution in [0.4, 0.5) is 5.69 Å². The molecule has 4 heteroatoms. The molecule has 3 aromatic carbocycles.